The van der Waals surface area contributed by atoms with Gasteiger partial charge in [-0.15, -0.1) is 13.2 Å². The summed E-state index contributed by atoms with van der Waals surface area (Å²) in [7, 11) is 0. The van der Waals surface area contributed by atoms with Crippen LogP contribution in [0.4, 0.5) is 37.7 Å². The molecule has 0 aromatic heterocycles. The maximum Gasteiger partial charge on any atom is 0.573 e. The highest BCUT2D eigenvalue weighted by molar-refractivity contribution is 5.67. The minimum Gasteiger partial charge on any atom is -0.406 e. The van der Waals surface area contributed by atoms with Crippen LogP contribution in [-0.4, -0.2) is 51.4 Å². The van der Waals surface area contributed by atoms with E-state index in [0.717, 1.165) is 29.9 Å². The Kier molecular flexibility index (Phi) is 7.65. The second kappa shape index (κ2) is 10.9. The molecule has 2 heterocycles. The fourth-order valence-electron chi connectivity index (χ4n) is 5.87. The Hall–Kier alpha value is -3.40. The van der Waals surface area contributed by atoms with Gasteiger partial charge < -0.3 is 19.3 Å². The largest absolute Gasteiger partial charge is 0.573 e. The van der Waals surface area contributed by atoms with Crippen LogP contribution < -0.4 is 14.5 Å². The predicted molar refractivity (Wildman–Crippen MR) is 141 cm³/mol. The highest BCUT2D eigenvalue weighted by Gasteiger charge is 2.45. The van der Waals surface area contributed by atoms with Gasteiger partial charge in [0.2, 0.25) is 0 Å². The first-order valence-electron chi connectivity index (χ1n) is 13.1. The van der Waals surface area contributed by atoms with Crippen molar-refractivity contribution in [1.82, 2.24) is 0 Å². The molecule has 1 saturated heterocycles. The van der Waals surface area contributed by atoms with E-state index in [1.54, 1.807) is 23.1 Å². The highest BCUT2D eigenvalue weighted by Crippen LogP contribution is 2.48. The monoisotopic (exact) mass is 564 g/mol. The van der Waals surface area contributed by atoms with Crippen LogP contribution in [0.3, 0.4) is 0 Å². The molecule has 0 saturated carbocycles. The van der Waals surface area contributed by atoms with Crippen LogP contribution in [0, 0.1) is 0 Å². The number of anilines is 2. The molecule has 0 spiro atoms. The summed E-state index contributed by atoms with van der Waals surface area (Å²) in [6, 6.07) is 20.9. The lowest BCUT2D eigenvalue weighted by Gasteiger charge is -2.34. The summed E-state index contributed by atoms with van der Waals surface area (Å²) in [5.41, 5.74) is 2.97. The molecule has 4 nitrogen and oxygen atoms in total. The molecule has 0 aliphatic carbocycles. The summed E-state index contributed by atoms with van der Waals surface area (Å²) in [6.07, 6.45) is -9.77. The Bertz CT molecular complexity index is 1330. The zero-order chi connectivity index (χ0) is 28.5. The highest BCUT2D eigenvalue weighted by atomic mass is 19.4. The molecular weight excluding hydrogens is 534 g/mol. The van der Waals surface area contributed by atoms with Gasteiger partial charge in [0.15, 0.2) is 0 Å². The number of halogens is 6. The second-order valence-electron chi connectivity index (χ2n) is 10.4. The number of hydrogen-bond donors (Lipinski definition) is 0. The molecule has 3 aromatic rings. The Balaban J connectivity index is 1.57. The Labute approximate surface area is 229 Å². The number of hydrogen-bond acceptors (Lipinski definition) is 4. The molecule has 0 radical (unpaired) electrons. The third-order valence-corrected chi connectivity index (χ3v) is 7.53. The van der Waals surface area contributed by atoms with Crippen molar-refractivity contribution in [2.75, 3.05) is 42.6 Å². The van der Waals surface area contributed by atoms with Crippen molar-refractivity contribution < 1.29 is 35.8 Å². The first kappa shape index (κ1) is 28.1. The summed E-state index contributed by atoms with van der Waals surface area (Å²) < 4.78 is 88.9. The summed E-state index contributed by atoms with van der Waals surface area (Å²) in [5.74, 6) is -0.369. The molecule has 2 unspecified atom stereocenters. The topological polar surface area (TPSA) is 24.9 Å². The molecule has 3 aromatic carbocycles. The number of rotatable bonds is 7. The van der Waals surface area contributed by atoms with Gasteiger partial charge in [-0.2, -0.15) is 13.2 Å². The number of morpholine rings is 1. The minimum atomic E-state index is -4.87. The zero-order valence-electron chi connectivity index (χ0n) is 21.9. The van der Waals surface area contributed by atoms with E-state index in [4.69, 9.17) is 4.74 Å². The molecule has 0 N–H and O–H groups in total. The first-order chi connectivity index (χ1) is 18.9. The first-order valence-corrected chi connectivity index (χ1v) is 13.1. The third-order valence-electron chi connectivity index (χ3n) is 7.53. The van der Waals surface area contributed by atoms with Crippen LogP contribution in [0.25, 0.3) is 0 Å². The van der Waals surface area contributed by atoms with Crippen LogP contribution in [0.2, 0.25) is 0 Å². The van der Waals surface area contributed by atoms with Gasteiger partial charge in [0.05, 0.1) is 19.1 Å². The lowest BCUT2D eigenvalue weighted by molar-refractivity contribution is -0.274. The molecule has 5 rings (SSSR count). The molecule has 0 amide bonds. The van der Waals surface area contributed by atoms with Gasteiger partial charge in [-0.05, 0) is 60.4 Å². The Morgan fingerprint density at radius 3 is 2.48 bits per heavy atom. The summed E-state index contributed by atoms with van der Waals surface area (Å²) >= 11 is 0. The average molecular weight is 565 g/mol. The Morgan fingerprint density at radius 1 is 0.950 bits per heavy atom. The predicted octanol–water partition coefficient (Wildman–Crippen LogP) is 7.11. The number of benzene rings is 3. The molecule has 10 heteroatoms. The number of ether oxygens (including phenoxy) is 2. The smallest absolute Gasteiger partial charge is 0.406 e. The van der Waals surface area contributed by atoms with Crippen molar-refractivity contribution in [3.8, 4) is 5.75 Å². The molecule has 2 atom stereocenters. The standard InChI is InChI=1S/C30H30F6N2O2/c1-21-19-37(14-15-39-21)24-8-4-6-22(16-24)18-28(23-7-5-9-25(17-23)40-30(34,35)36)20-38(13-12-29(31,32)33)27-11-3-2-10-26(27)28/h2-11,16-17,21H,12-15,18-20H2,1H3. The van der Waals surface area contributed by atoms with E-state index in [1.807, 2.05) is 37.3 Å². The maximum atomic E-state index is 13.2. The van der Waals surface area contributed by atoms with Gasteiger partial charge in [0, 0.05) is 43.0 Å². The van der Waals surface area contributed by atoms with Crippen LogP contribution in [0.1, 0.15) is 30.0 Å². The quantitative estimate of drug-likeness (QED) is 0.286. The lowest BCUT2D eigenvalue weighted by Crippen LogP contribution is -2.41. The summed E-state index contributed by atoms with van der Waals surface area (Å²) in [5, 5.41) is 0. The van der Waals surface area contributed by atoms with Crippen molar-refractivity contribution in [2.24, 2.45) is 0 Å². The molecule has 1 fully saturated rings. The average Bonchev–Trinajstić information content (AvgIpc) is 3.21. The zero-order valence-corrected chi connectivity index (χ0v) is 21.9. The van der Waals surface area contributed by atoms with Crippen molar-refractivity contribution in [1.29, 1.82) is 0 Å². The molecule has 2 aliphatic heterocycles. The SMILES string of the molecule is CC1CN(c2cccc(CC3(c4cccc(OC(F)(F)F)c4)CN(CCC(F)(F)F)c4ccccc43)c2)CCO1. The van der Waals surface area contributed by atoms with Crippen molar-refractivity contribution >= 4 is 11.4 Å². The van der Waals surface area contributed by atoms with Crippen LogP contribution in [0.15, 0.2) is 72.8 Å². The molecule has 40 heavy (non-hydrogen) atoms. The van der Waals surface area contributed by atoms with Crippen molar-refractivity contribution in [3.05, 3.63) is 89.5 Å². The van der Waals surface area contributed by atoms with E-state index >= 15 is 0 Å². The molecule has 2 aliphatic rings. The number of fused-ring (bicyclic) bond motifs is 1. The number of nitrogens with zero attached hydrogens (tertiary/aromatic N) is 2. The van der Waals surface area contributed by atoms with Gasteiger partial charge >= 0.3 is 12.5 Å². The van der Waals surface area contributed by atoms with E-state index in [2.05, 4.69) is 15.7 Å². The third kappa shape index (κ3) is 6.32. The van der Waals surface area contributed by atoms with E-state index in [9.17, 15) is 26.3 Å². The van der Waals surface area contributed by atoms with Crippen LogP contribution in [-0.2, 0) is 16.6 Å². The van der Waals surface area contributed by atoms with Gasteiger partial charge in [-0.25, -0.2) is 0 Å². The van der Waals surface area contributed by atoms with E-state index < -0.39 is 24.4 Å². The minimum absolute atomic E-state index is 0.0732. The van der Waals surface area contributed by atoms with E-state index in [1.165, 1.54) is 18.2 Å². The van der Waals surface area contributed by atoms with Gasteiger partial charge in [0.25, 0.3) is 0 Å². The fraction of sp³-hybridized carbons (Fsp3) is 0.400. The molecule has 214 valence electrons. The lowest BCUT2D eigenvalue weighted by atomic mass is 9.71. The second-order valence-corrected chi connectivity index (χ2v) is 10.4. The molecule has 0 bridgehead atoms. The van der Waals surface area contributed by atoms with Crippen LogP contribution in [0.5, 0.6) is 5.75 Å². The van der Waals surface area contributed by atoms with E-state index in [-0.39, 0.29) is 24.9 Å². The van der Waals surface area contributed by atoms with E-state index in [0.29, 0.717) is 24.3 Å². The fourth-order valence-corrected chi connectivity index (χ4v) is 5.87. The van der Waals surface area contributed by atoms with Crippen LogP contribution >= 0.6 is 0 Å². The number of alkyl halides is 6. The van der Waals surface area contributed by atoms with Gasteiger partial charge in [-0.1, -0.05) is 42.5 Å². The summed E-state index contributed by atoms with van der Waals surface area (Å²) in [6.45, 7) is 3.97. The number of para-hydroxylation sites is 1. The van der Waals surface area contributed by atoms with Gasteiger partial charge in [0.1, 0.15) is 5.75 Å². The van der Waals surface area contributed by atoms with Crippen molar-refractivity contribution in [2.45, 2.75) is 43.8 Å². The summed E-state index contributed by atoms with van der Waals surface area (Å²) in [4.78, 5) is 3.91. The van der Waals surface area contributed by atoms with Gasteiger partial charge in [-0.3, -0.25) is 0 Å². The normalized spacial score (nSPS) is 21.4. The molecular formula is C30H30F6N2O2. The van der Waals surface area contributed by atoms with Crippen molar-refractivity contribution in [3.63, 3.8) is 0 Å². The Morgan fingerprint density at radius 2 is 1.73 bits per heavy atom. The maximum absolute atomic E-state index is 13.2.